The molecule has 0 aromatic carbocycles. The molecule has 1 amide bonds. The molecular weight excluding hydrogens is 268 g/mol. The van der Waals surface area contributed by atoms with Crippen molar-refractivity contribution < 1.29 is 9.53 Å². The number of anilines is 1. The Bertz CT molecular complexity index is 538. The highest BCUT2D eigenvalue weighted by molar-refractivity contribution is 5.81. The van der Waals surface area contributed by atoms with E-state index in [0.717, 1.165) is 0 Å². The minimum atomic E-state index is 0.0614. The molecule has 0 saturated carbocycles. The van der Waals surface area contributed by atoms with Crippen LogP contribution in [0.2, 0.25) is 0 Å². The third-order valence-corrected chi connectivity index (χ3v) is 3.57. The molecule has 6 nitrogen and oxygen atoms in total. The Labute approximate surface area is 124 Å². The van der Waals surface area contributed by atoms with E-state index in [0.29, 0.717) is 24.5 Å². The zero-order valence-corrected chi connectivity index (χ0v) is 12.6. The Kier molecular flexibility index (Phi) is 4.76. The first-order valence-corrected chi connectivity index (χ1v) is 6.99. The standard InChI is InChI=1S/C15H20N4O2/c1-11-10-21-12(2)8-19(11)15(20)9-18(3)14-5-4-13(6-16)7-17-14/h4-5,7,11-12H,8-10H2,1-3H3/t11-,12-/m1/s1. The molecule has 0 radical (unpaired) electrons. The Hall–Kier alpha value is -2.13. The summed E-state index contributed by atoms with van der Waals surface area (Å²) in [5, 5.41) is 8.76. The molecule has 2 atom stereocenters. The van der Waals surface area contributed by atoms with Crippen molar-refractivity contribution in [3.63, 3.8) is 0 Å². The molecule has 2 heterocycles. The third kappa shape index (κ3) is 3.70. The van der Waals surface area contributed by atoms with Crippen LogP contribution in [0.4, 0.5) is 5.82 Å². The maximum absolute atomic E-state index is 12.4. The minimum Gasteiger partial charge on any atom is -0.375 e. The average Bonchev–Trinajstić information content (AvgIpc) is 2.49. The van der Waals surface area contributed by atoms with Crippen LogP contribution in [0.5, 0.6) is 0 Å². The van der Waals surface area contributed by atoms with Crippen molar-refractivity contribution in [2.75, 3.05) is 31.6 Å². The van der Waals surface area contributed by atoms with Gasteiger partial charge in [0.05, 0.1) is 30.9 Å². The van der Waals surface area contributed by atoms with Crippen LogP contribution in [0.15, 0.2) is 18.3 Å². The predicted molar refractivity (Wildman–Crippen MR) is 78.8 cm³/mol. The number of morpholine rings is 1. The number of aromatic nitrogens is 1. The van der Waals surface area contributed by atoms with Gasteiger partial charge in [0.15, 0.2) is 0 Å². The lowest BCUT2D eigenvalue weighted by molar-refractivity contribution is -0.141. The summed E-state index contributed by atoms with van der Waals surface area (Å²) in [6.45, 7) is 5.41. The summed E-state index contributed by atoms with van der Waals surface area (Å²) >= 11 is 0. The molecule has 6 heteroatoms. The smallest absolute Gasteiger partial charge is 0.242 e. The molecule has 21 heavy (non-hydrogen) atoms. The van der Waals surface area contributed by atoms with Crippen molar-refractivity contribution in [1.29, 1.82) is 5.26 Å². The van der Waals surface area contributed by atoms with Crippen LogP contribution < -0.4 is 4.90 Å². The van der Waals surface area contributed by atoms with Crippen LogP contribution in [-0.2, 0) is 9.53 Å². The van der Waals surface area contributed by atoms with Crippen LogP contribution in [0.1, 0.15) is 19.4 Å². The number of carbonyl (C=O) groups excluding carboxylic acids is 1. The number of rotatable bonds is 3. The highest BCUT2D eigenvalue weighted by Gasteiger charge is 2.28. The van der Waals surface area contributed by atoms with Crippen molar-refractivity contribution in [3.05, 3.63) is 23.9 Å². The fourth-order valence-corrected chi connectivity index (χ4v) is 2.30. The van der Waals surface area contributed by atoms with Crippen molar-refractivity contribution in [2.24, 2.45) is 0 Å². The van der Waals surface area contributed by atoms with E-state index < -0.39 is 0 Å². The fourth-order valence-electron chi connectivity index (χ4n) is 2.30. The van der Waals surface area contributed by atoms with E-state index in [1.807, 2.05) is 31.9 Å². The zero-order valence-electron chi connectivity index (χ0n) is 12.6. The number of nitriles is 1. The van der Waals surface area contributed by atoms with Crippen LogP contribution in [0.25, 0.3) is 0 Å². The third-order valence-electron chi connectivity index (χ3n) is 3.57. The lowest BCUT2D eigenvalue weighted by Gasteiger charge is -2.37. The second kappa shape index (κ2) is 6.55. The number of carbonyl (C=O) groups is 1. The summed E-state index contributed by atoms with van der Waals surface area (Å²) in [6.07, 6.45) is 1.58. The largest absolute Gasteiger partial charge is 0.375 e. The topological polar surface area (TPSA) is 69.5 Å². The quantitative estimate of drug-likeness (QED) is 0.830. The molecule has 1 aliphatic heterocycles. The van der Waals surface area contributed by atoms with Crippen LogP contribution >= 0.6 is 0 Å². The van der Waals surface area contributed by atoms with Gasteiger partial charge < -0.3 is 14.5 Å². The lowest BCUT2D eigenvalue weighted by atomic mass is 10.2. The predicted octanol–water partition coefficient (Wildman–Crippen LogP) is 1.03. The molecule has 0 aliphatic carbocycles. The van der Waals surface area contributed by atoms with Crippen molar-refractivity contribution in [2.45, 2.75) is 26.0 Å². The first-order chi connectivity index (χ1) is 10.0. The van der Waals surface area contributed by atoms with Crippen LogP contribution in [-0.4, -0.2) is 54.7 Å². The van der Waals surface area contributed by atoms with Crippen molar-refractivity contribution in [1.82, 2.24) is 9.88 Å². The van der Waals surface area contributed by atoms with Gasteiger partial charge in [-0.05, 0) is 26.0 Å². The van der Waals surface area contributed by atoms with Gasteiger partial charge in [0.1, 0.15) is 11.9 Å². The second-order valence-corrected chi connectivity index (χ2v) is 5.41. The summed E-state index contributed by atoms with van der Waals surface area (Å²) in [5.41, 5.74) is 0.508. The number of hydrogen-bond acceptors (Lipinski definition) is 5. The van der Waals surface area contributed by atoms with Crippen molar-refractivity contribution in [3.8, 4) is 6.07 Å². The number of ether oxygens (including phenoxy) is 1. The molecule has 0 bridgehead atoms. The van der Waals surface area contributed by atoms with Gasteiger partial charge in [-0.2, -0.15) is 5.26 Å². The summed E-state index contributed by atoms with van der Waals surface area (Å²) in [6, 6.07) is 5.56. The second-order valence-electron chi connectivity index (χ2n) is 5.41. The van der Waals surface area contributed by atoms with Gasteiger partial charge in [0.2, 0.25) is 5.91 Å². The van der Waals surface area contributed by atoms with Gasteiger partial charge in [-0.3, -0.25) is 4.79 Å². The number of hydrogen-bond donors (Lipinski definition) is 0. The number of amides is 1. The van der Waals surface area contributed by atoms with E-state index in [4.69, 9.17) is 10.00 Å². The average molecular weight is 288 g/mol. The maximum Gasteiger partial charge on any atom is 0.242 e. The number of nitrogens with zero attached hydrogens (tertiary/aromatic N) is 4. The monoisotopic (exact) mass is 288 g/mol. The Morgan fingerprint density at radius 3 is 2.95 bits per heavy atom. The zero-order chi connectivity index (χ0) is 15.4. The van der Waals surface area contributed by atoms with Gasteiger partial charge >= 0.3 is 0 Å². The van der Waals surface area contributed by atoms with Gasteiger partial charge in [-0.25, -0.2) is 4.98 Å². The first-order valence-electron chi connectivity index (χ1n) is 6.99. The highest BCUT2D eigenvalue weighted by Crippen LogP contribution is 2.14. The van der Waals surface area contributed by atoms with E-state index >= 15 is 0 Å². The Balaban J connectivity index is 1.99. The molecule has 0 N–H and O–H groups in total. The maximum atomic E-state index is 12.4. The van der Waals surface area contributed by atoms with E-state index in [9.17, 15) is 4.79 Å². The van der Waals surface area contributed by atoms with Crippen LogP contribution in [0.3, 0.4) is 0 Å². The normalized spacial score (nSPS) is 21.7. The fraction of sp³-hybridized carbons (Fsp3) is 0.533. The SMILES string of the molecule is C[C@@H]1CN(C(=O)CN(C)c2ccc(C#N)cn2)[C@H](C)CO1. The van der Waals surface area contributed by atoms with Gasteiger partial charge in [0, 0.05) is 19.8 Å². The Morgan fingerprint density at radius 2 is 2.33 bits per heavy atom. The molecule has 1 aromatic heterocycles. The molecule has 1 saturated heterocycles. The molecular formula is C15H20N4O2. The summed E-state index contributed by atoms with van der Waals surface area (Å²) < 4.78 is 5.54. The molecule has 1 aliphatic rings. The number of pyridine rings is 1. The van der Waals surface area contributed by atoms with E-state index in [1.54, 1.807) is 17.0 Å². The summed E-state index contributed by atoms with van der Waals surface area (Å²) in [7, 11) is 1.82. The van der Waals surface area contributed by atoms with E-state index in [1.165, 1.54) is 6.20 Å². The first kappa shape index (κ1) is 15.3. The molecule has 112 valence electrons. The van der Waals surface area contributed by atoms with Gasteiger partial charge in [0.25, 0.3) is 0 Å². The summed E-state index contributed by atoms with van der Waals surface area (Å²) in [5.74, 6) is 0.739. The summed E-state index contributed by atoms with van der Waals surface area (Å²) in [4.78, 5) is 20.2. The van der Waals surface area contributed by atoms with Gasteiger partial charge in [-0.1, -0.05) is 0 Å². The molecule has 0 spiro atoms. The highest BCUT2D eigenvalue weighted by atomic mass is 16.5. The Morgan fingerprint density at radius 1 is 1.57 bits per heavy atom. The van der Waals surface area contributed by atoms with Crippen molar-refractivity contribution >= 4 is 11.7 Å². The molecule has 1 aromatic rings. The van der Waals surface area contributed by atoms with E-state index in [-0.39, 0.29) is 24.6 Å². The minimum absolute atomic E-state index is 0.0614. The number of likely N-dealkylation sites (N-methyl/N-ethyl adjacent to an activating group) is 1. The molecule has 2 rings (SSSR count). The van der Waals surface area contributed by atoms with E-state index in [2.05, 4.69) is 4.98 Å². The van der Waals surface area contributed by atoms with Gasteiger partial charge in [-0.15, -0.1) is 0 Å². The van der Waals surface area contributed by atoms with Crippen LogP contribution in [0, 0.1) is 11.3 Å². The molecule has 1 fully saturated rings. The molecule has 0 unspecified atom stereocenters. The lowest BCUT2D eigenvalue weighted by Crippen LogP contribution is -2.52.